The minimum Gasteiger partial charge on any atom is -0.383 e. The van der Waals surface area contributed by atoms with E-state index < -0.39 is 11.6 Å². The van der Waals surface area contributed by atoms with Gasteiger partial charge in [0.25, 0.3) is 0 Å². The normalized spacial score (nSPS) is 11.6. The molecule has 0 atom stereocenters. The van der Waals surface area contributed by atoms with Gasteiger partial charge >= 0.3 is 0 Å². The summed E-state index contributed by atoms with van der Waals surface area (Å²) in [7, 11) is 0. The zero-order valence-corrected chi connectivity index (χ0v) is 11.3. The summed E-state index contributed by atoms with van der Waals surface area (Å²) >= 11 is 2.94. The van der Waals surface area contributed by atoms with E-state index in [0.717, 1.165) is 12.5 Å². The molecule has 1 nitrogen and oxygen atoms in total. The fourth-order valence-electron chi connectivity index (χ4n) is 1.23. The molecule has 4 heteroatoms. The van der Waals surface area contributed by atoms with Crippen molar-refractivity contribution in [1.82, 2.24) is 0 Å². The predicted molar refractivity (Wildman–Crippen MR) is 66.6 cm³/mol. The van der Waals surface area contributed by atoms with Crippen molar-refractivity contribution in [3.63, 3.8) is 0 Å². The summed E-state index contributed by atoms with van der Waals surface area (Å²) in [6.45, 7) is 6.94. The van der Waals surface area contributed by atoms with Gasteiger partial charge in [0.1, 0.15) is 11.6 Å². The number of hydrogen-bond acceptors (Lipinski definition) is 1. The van der Waals surface area contributed by atoms with Gasteiger partial charge in [0.2, 0.25) is 0 Å². The number of anilines is 1. The first-order valence-electron chi connectivity index (χ1n) is 5.18. The molecule has 0 aromatic heterocycles. The molecule has 0 unspecified atom stereocenters. The van der Waals surface area contributed by atoms with Crippen LogP contribution in [0.2, 0.25) is 0 Å². The average molecular weight is 292 g/mol. The Balaban J connectivity index is 2.64. The van der Waals surface area contributed by atoms with Crippen LogP contribution in [0.15, 0.2) is 16.6 Å². The Bertz CT molecular complexity index is 372. The third-order valence-corrected chi connectivity index (χ3v) is 2.81. The van der Waals surface area contributed by atoms with Crippen LogP contribution in [0.1, 0.15) is 27.2 Å². The molecule has 1 aromatic rings. The van der Waals surface area contributed by atoms with Crippen molar-refractivity contribution in [2.45, 2.75) is 27.2 Å². The van der Waals surface area contributed by atoms with Gasteiger partial charge in [-0.2, -0.15) is 0 Å². The van der Waals surface area contributed by atoms with Gasteiger partial charge in [-0.1, -0.05) is 20.8 Å². The molecule has 1 aromatic carbocycles. The van der Waals surface area contributed by atoms with Crippen molar-refractivity contribution in [3.8, 4) is 0 Å². The SMILES string of the molecule is CC(C)(C)CCNc1cc(F)c(Br)cc1F. The van der Waals surface area contributed by atoms with E-state index in [1.165, 1.54) is 6.07 Å². The Morgan fingerprint density at radius 3 is 2.38 bits per heavy atom. The molecule has 0 bridgehead atoms. The van der Waals surface area contributed by atoms with Crippen LogP contribution >= 0.6 is 15.9 Å². The molecule has 1 N–H and O–H groups in total. The molecule has 0 aliphatic heterocycles. The summed E-state index contributed by atoms with van der Waals surface area (Å²) in [6.07, 6.45) is 0.893. The van der Waals surface area contributed by atoms with E-state index in [1.807, 2.05) is 0 Å². The van der Waals surface area contributed by atoms with Gasteiger partial charge < -0.3 is 5.32 Å². The maximum absolute atomic E-state index is 13.4. The van der Waals surface area contributed by atoms with Crippen LogP contribution in [0, 0.1) is 17.0 Å². The molecule has 0 aliphatic carbocycles. The summed E-state index contributed by atoms with van der Waals surface area (Å²) in [5, 5.41) is 2.90. The van der Waals surface area contributed by atoms with E-state index in [4.69, 9.17) is 0 Å². The van der Waals surface area contributed by atoms with E-state index in [2.05, 4.69) is 42.0 Å². The predicted octanol–water partition coefficient (Wildman–Crippen LogP) is 4.58. The van der Waals surface area contributed by atoms with Crippen molar-refractivity contribution in [2.24, 2.45) is 5.41 Å². The first kappa shape index (κ1) is 13.4. The monoisotopic (exact) mass is 291 g/mol. The summed E-state index contributed by atoms with van der Waals surface area (Å²) < 4.78 is 26.7. The van der Waals surface area contributed by atoms with E-state index in [9.17, 15) is 8.78 Å². The Kier molecular flexibility index (Phi) is 4.30. The molecule has 0 saturated heterocycles. The molecule has 0 fully saturated rings. The summed E-state index contributed by atoms with van der Waals surface area (Å²) in [6, 6.07) is 2.30. The standard InChI is InChI=1S/C12H16BrF2N/c1-12(2,3)4-5-16-11-7-9(14)8(13)6-10(11)15/h6-7,16H,4-5H2,1-3H3. The molecule has 16 heavy (non-hydrogen) atoms. The van der Waals surface area contributed by atoms with Crippen LogP contribution in [0.25, 0.3) is 0 Å². The Morgan fingerprint density at radius 1 is 1.19 bits per heavy atom. The highest BCUT2D eigenvalue weighted by Gasteiger charge is 2.11. The molecule has 1 rings (SSSR count). The molecular weight excluding hydrogens is 276 g/mol. The van der Waals surface area contributed by atoms with Crippen LogP contribution in [0.4, 0.5) is 14.5 Å². The molecule has 0 saturated carbocycles. The van der Waals surface area contributed by atoms with Crippen molar-refractivity contribution < 1.29 is 8.78 Å². The average Bonchev–Trinajstić information content (AvgIpc) is 2.11. The topological polar surface area (TPSA) is 12.0 Å². The minimum absolute atomic E-state index is 0.145. The fourth-order valence-corrected chi connectivity index (χ4v) is 1.55. The van der Waals surface area contributed by atoms with Crippen molar-refractivity contribution >= 4 is 21.6 Å². The number of rotatable bonds is 3. The third kappa shape index (κ3) is 4.08. The Labute approximate surface area is 103 Å². The summed E-state index contributed by atoms with van der Waals surface area (Å²) in [5.41, 5.74) is 0.391. The molecule has 0 radical (unpaired) electrons. The number of hydrogen-bond donors (Lipinski definition) is 1. The molecule has 0 aliphatic rings. The lowest BCUT2D eigenvalue weighted by Crippen LogP contribution is -2.13. The maximum Gasteiger partial charge on any atom is 0.147 e. The third-order valence-electron chi connectivity index (χ3n) is 2.20. The van der Waals surface area contributed by atoms with Gasteiger partial charge in [-0.3, -0.25) is 0 Å². The highest BCUT2D eigenvalue weighted by atomic mass is 79.9. The largest absolute Gasteiger partial charge is 0.383 e. The fraction of sp³-hybridized carbons (Fsp3) is 0.500. The number of nitrogens with one attached hydrogen (secondary N) is 1. The molecule has 0 amide bonds. The first-order valence-corrected chi connectivity index (χ1v) is 5.97. The quantitative estimate of drug-likeness (QED) is 0.804. The maximum atomic E-state index is 13.4. The number of benzene rings is 1. The van der Waals surface area contributed by atoms with Crippen LogP contribution in [-0.2, 0) is 0 Å². The summed E-state index contributed by atoms with van der Waals surface area (Å²) in [5.74, 6) is -0.901. The molecule has 0 spiro atoms. The smallest absolute Gasteiger partial charge is 0.147 e. The van der Waals surface area contributed by atoms with Gasteiger partial charge in [-0.25, -0.2) is 8.78 Å². The second-order valence-corrected chi connectivity index (χ2v) is 5.84. The van der Waals surface area contributed by atoms with Crippen LogP contribution in [-0.4, -0.2) is 6.54 Å². The molecule has 90 valence electrons. The first-order chi connectivity index (χ1) is 7.29. The van der Waals surface area contributed by atoms with Crippen molar-refractivity contribution in [2.75, 3.05) is 11.9 Å². The van der Waals surface area contributed by atoms with Gasteiger partial charge in [0.15, 0.2) is 0 Å². The zero-order chi connectivity index (χ0) is 12.3. The minimum atomic E-state index is -0.459. The van der Waals surface area contributed by atoms with Gasteiger partial charge in [0.05, 0.1) is 10.2 Å². The lowest BCUT2D eigenvalue weighted by atomic mass is 9.92. The van der Waals surface area contributed by atoms with E-state index in [-0.39, 0.29) is 15.6 Å². The van der Waals surface area contributed by atoms with Gasteiger partial charge in [-0.15, -0.1) is 0 Å². The van der Waals surface area contributed by atoms with E-state index in [1.54, 1.807) is 0 Å². The van der Waals surface area contributed by atoms with Crippen LogP contribution in [0.5, 0.6) is 0 Å². The van der Waals surface area contributed by atoms with Crippen LogP contribution < -0.4 is 5.32 Å². The van der Waals surface area contributed by atoms with E-state index >= 15 is 0 Å². The zero-order valence-electron chi connectivity index (χ0n) is 9.70. The highest BCUT2D eigenvalue weighted by Crippen LogP contribution is 2.24. The Morgan fingerprint density at radius 2 is 1.81 bits per heavy atom. The van der Waals surface area contributed by atoms with Crippen molar-refractivity contribution in [3.05, 3.63) is 28.2 Å². The second kappa shape index (κ2) is 5.13. The summed E-state index contributed by atoms with van der Waals surface area (Å²) in [4.78, 5) is 0. The van der Waals surface area contributed by atoms with Gasteiger partial charge in [-0.05, 0) is 33.8 Å². The van der Waals surface area contributed by atoms with Crippen molar-refractivity contribution in [1.29, 1.82) is 0 Å². The number of halogens is 3. The molecule has 0 heterocycles. The Hall–Kier alpha value is -0.640. The highest BCUT2D eigenvalue weighted by molar-refractivity contribution is 9.10. The second-order valence-electron chi connectivity index (χ2n) is 4.98. The van der Waals surface area contributed by atoms with Crippen LogP contribution in [0.3, 0.4) is 0 Å². The molecular formula is C12H16BrF2N. The van der Waals surface area contributed by atoms with Gasteiger partial charge in [0, 0.05) is 12.6 Å². The lowest BCUT2D eigenvalue weighted by molar-refractivity contribution is 0.389. The van der Waals surface area contributed by atoms with E-state index in [0.29, 0.717) is 6.54 Å². The lowest BCUT2D eigenvalue weighted by Gasteiger charge is -2.18.